The first kappa shape index (κ1) is 11.4. The van der Waals surface area contributed by atoms with Crippen molar-refractivity contribution in [2.45, 2.75) is 6.42 Å². The summed E-state index contributed by atoms with van der Waals surface area (Å²) < 4.78 is 29.1. The van der Waals surface area contributed by atoms with Crippen LogP contribution in [0.4, 0.5) is 0 Å². The number of rotatable bonds is 3. The molecular formula is C7H13NO5S. The van der Waals surface area contributed by atoms with Crippen molar-refractivity contribution in [2.75, 3.05) is 32.1 Å². The molecule has 82 valence electrons. The summed E-state index contributed by atoms with van der Waals surface area (Å²) in [5.74, 6) is -2.16. The minimum Gasteiger partial charge on any atom is -0.480 e. The quantitative estimate of drug-likeness (QED) is 0.672. The van der Waals surface area contributed by atoms with Gasteiger partial charge < -0.3 is 9.84 Å². The highest BCUT2D eigenvalue weighted by atomic mass is 32.2. The fourth-order valence-electron chi connectivity index (χ4n) is 1.25. The molecule has 1 N–H and O–H groups in total. The summed E-state index contributed by atoms with van der Waals surface area (Å²) in [6, 6.07) is 0. The van der Waals surface area contributed by atoms with Gasteiger partial charge in [0.25, 0.3) is 0 Å². The van der Waals surface area contributed by atoms with E-state index in [1.807, 2.05) is 0 Å². The SMILES string of the molecule is O=C(O)CS(=O)(=O)N1CCCOCC1. The van der Waals surface area contributed by atoms with Crippen molar-refractivity contribution < 1.29 is 23.1 Å². The molecule has 0 amide bonds. The Morgan fingerprint density at radius 3 is 2.71 bits per heavy atom. The molecule has 0 atom stereocenters. The number of carboxylic acids is 1. The maximum atomic E-state index is 11.4. The Morgan fingerprint density at radius 2 is 2.07 bits per heavy atom. The van der Waals surface area contributed by atoms with Crippen molar-refractivity contribution in [2.24, 2.45) is 0 Å². The van der Waals surface area contributed by atoms with Gasteiger partial charge in [0.1, 0.15) is 0 Å². The number of hydrogen-bond acceptors (Lipinski definition) is 4. The van der Waals surface area contributed by atoms with Crippen LogP contribution >= 0.6 is 0 Å². The first-order chi connectivity index (χ1) is 6.52. The van der Waals surface area contributed by atoms with E-state index in [9.17, 15) is 13.2 Å². The molecule has 1 aliphatic rings. The number of sulfonamides is 1. The van der Waals surface area contributed by atoms with Crippen molar-refractivity contribution in [1.29, 1.82) is 0 Å². The Bertz CT molecular complexity index is 291. The van der Waals surface area contributed by atoms with Gasteiger partial charge in [-0.2, -0.15) is 4.31 Å². The molecule has 1 rings (SSSR count). The average molecular weight is 223 g/mol. The second kappa shape index (κ2) is 4.72. The van der Waals surface area contributed by atoms with Gasteiger partial charge >= 0.3 is 5.97 Å². The third-order valence-corrected chi connectivity index (χ3v) is 3.64. The lowest BCUT2D eigenvalue weighted by Crippen LogP contribution is -2.37. The first-order valence-corrected chi connectivity index (χ1v) is 5.90. The van der Waals surface area contributed by atoms with Crippen LogP contribution in [0.3, 0.4) is 0 Å². The van der Waals surface area contributed by atoms with E-state index >= 15 is 0 Å². The zero-order valence-corrected chi connectivity index (χ0v) is 8.49. The molecule has 0 aliphatic carbocycles. The highest BCUT2D eigenvalue weighted by Crippen LogP contribution is 2.06. The molecule has 0 aromatic rings. The summed E-state index contributed by atoms with van der Waals surface area (Å²) in [5, 5.41) is 8.41. The van der Waals surface area contributed by atoms with Crippen LogP contribution in [-0.4, -0.2) is 55.9 Å². The van der Waals surface area contributed by atoms with E-state index in [2.05, 4.69) is 0 Å². The van der Waals surface area contributed by atoms with Crippen LogP contribution in [0.1, 0.15) is 6.42 Å². The number of carboxylic acid groups (broad SMARTS) is 1. The Labute approximate surface area is 82.5 Å². The lowest BCUT2D eigenvalue weighted by atomic mass is 10.5. The standard InChI is InChI=1S/C7H13NO5S/c9-7(10)6-14(11,12)8-2-1-4-13-5-3-8/h1-6H2,(H,9,10). The first-order valence-electron chi connectivity index (χ1n) is 4.30. The molecule has 0 radical (unpaired) electrons. The van der Waals surface area contributed by atoms with E-state index in [1.165, 1.54) is 4.31 Å². The van der Waals surface area contributed by atoms with E-state index in [1.54, 1.807) is 0 Å². The second-order valence-corrected chi connectivity index (χ2v) is 4.98. The van der Waals surface area contributed by atoms with E-state index in [-0.39, 0.29) is 6.54 Å². The Hall–Kier alpha value is -0.660. The van der Waals surface area contributed by atoms with Crippen molar-refractivity contribution in [3.05, 3.63) is 0 Å². The van der Waals surface area contributed by atoms with Gasteiger partial charge in [0.15, 0.2) is 5.75 Å². The van der Waals surface area contributed by atoms with Gasteiger partial charge in [-0.05, 0) is 6.42 Å². The summed E-state index contributed by atoms with van der Waals surface area (Å²) in [6.07, 6.45) is 0.610. The minimum atomic E-state index is -3.65. The number of hydrogen-bond donors (Lipinski definition) is 1. The summed E-state index contributed by atoms with van der Waals surface area (Å²) in [6.45, 7) is 1.45. The molecule has 0 unspecified atom stereocenters. The van der Waals surface area contributed by atoms with Gasteiger partial charge in [-0.3, -0.25) is 4.79 Å². The van der Waals surface area contributed by atoms with Gasteiger partial charge in [-0.25, -0.2) is 8.42 Å². The van der Waals surface area contributed by atoms with Crippen LogP contribution in [0, 0.1) is 0 Å². The average Bonchev–Trinajstić information content (AvgIpc) is 2.28. The van der Waals surface area contributed by atoms with Crippen LogP contribution in [0.25, 0.3) is 0 Å². The highest BCUT2D eigenvalue weighted by molar-refractivity contribution is 7.89. The maximum absolute atomic E-state index is 11.4. The molecule has 0 aromatic carbocycles. The van der Waals surface area contributed by atoms with Crippen molar-refractivity contribution in [3.63, 3.8) is 0 Å². The molecule has 1 heterocycles. The summed E-state index contributed by atoms with van der Waals surface area (Å²) in [5.41, 5.74) is 0. The molecule has 0 spiro atoms. The number of ether oxygens (including phenoxy) is 1. The van der Waals surface area contributed by atoms with Crippen molar-refractivity contribution >= 4 is 16.0 Å². The van der Waals surface area contributed by atoms with Crippen molar-refractivity contribution in [1.82, 2.24) is 4.31 Å². The molecule has 0 saturated carbocycles. The van der Waals surface area contributed by atoms with Gasteiger partial charge in [-0.15, -0.1) is 0 Å². The van der Waals surface area contributed by atoms with Crippen LogP contribution in [0.5, 0.6) is 0 Å². The van der Waals surface area contributed by atoms with Gasteiger partial charge in [0.05, 0.1) is 6.61 Å². The monoisotopic (exact) mass is 223 g/mol. The Morgan fingerprint density at radius 1 is 1.36 bits per heavy atom. The molecule has 7 heteroatoms. The van der Waals surface area contributed by atoms with E-state index in [4.69, 9.17) is 9.84 Å². The third kappa shape index (κ3) is 3.24. The summed E-state index contributed by atoms with van der Waals surface area (Å²) in [4.78, 5) is 10.3. The lowest BCUT2D eigenvalue weighted by Gasteiger charge is -2.17. The number of carbonyl (C=O) groups is 1. The molecule has 1 aliphatic heterocycles. The smallest absolute Gasteiger partial charge is 0.320 e. The number of aliphatic carboxylic acids is 1. The second-order valence-electron chi connectivity index (χ2n) is 3.01. The lowest BCUT2D eigenvalue weighted by molar-refractivity contribution is -0.134. The molecule has 0 bridgehead atoms. The topological polar surface area (TPSA) is 83.9 Å². The molecule has 1 saturated heterocycles. The van der Waals surface area contributed by atoms with E-state index in [0.29, 0.717) is 26.2 Å². The minimum absolute atomic E-state index is 0.246. The fraction of sp³-hybridized carbons (Fsp3) is 0.857. The predicted octanol–water partition coefficient (Wildman–Crippen LogP) is -0.877. The van der Waals surface area contributed by atoms with Crippen LogP contribution in [0.2, 0.25) is 0 Å². The Kier molecular flexibility index (Phi) is 3.85. The van der Waals surface area contributed by atoms with E-state index in [0.717, 1.165) is 0 Å². The molecule has 0 aromatic heterocycles. The molecule has 1 fully saturated rings. The normalized spacial score (nSPS) is 20.3. The molecule has 14 heavy (non-hydrogen) atoms. The fourth-order valence-corrected chi connectivity index (χ4v) is 2.50. The Balaban J connectivity index is 2.64. The highest BCUT2D eigenvalue weighted by Gasteiger charge is 2.25. The zero-order valence-electron chi connectivity index (χ0n) is 7.68. The summed E-state index contributed by atoms with van der Waals surface area (Å²) >= 11 is 0. The summed E-state index contributed by atoms with van der Waals surface area (Å²) in [7, 11) is -3.65. The predicted molar refractivity (Wildman–Crippen MR) is 48.4 cm³/mol. The van der Waals surface area contributed by atoms with Crippen LogP contribution < -0.4 is 0 Å². The largest absolute Gasteiger partial charge is 0.480 e. The van der Waals surface area contributed by atoms with Gasteiger partial charge in [0, 0.05) is 19.7 Å². The van der Waals surface area contributed by atoms with Gasteiger partial charge in [-0.1, -0.05) is 0 Å². The third-order valence-electron chi connectivity index (χ3n) is 1.88. The van der Waals surface area contributed by atoms with Crippen molar-refractivity contribution in [3.8, 4) is 0 Å². The maximum Gasteiger partial charge on any atom is 0.320 e. The number of nitrogens with zero attached hydrogens (tertiary/aromatic N) is 1. The molecule has 6 nitrogen and oxygen atoms in total. The van der Waals surface area contributed by atoms with Crippen LogP contribution in [-0.2, 0) is 19.6 Å². The van der Waals surface area contributed by atoms with Gasteiger partial charge in [0.2, 0.25) is 10.0 Å². The zero-order chi connectivity index (χ0) is 10.6. The van der Waals surface area contributed by atoms with Crippen LogP contribution in [0.15, 0.2) is 0 Å². The molecular weight excluding hydrogens is 210 g/mol. The van der Waals surface area contributed by atoms with E-state index < -0.39 is 21.7 Å².